The van der Waals surface area contributed by atoms with Gasteiger partial charge >= 0.3 is 0 Å². The van der Waals surface area contributed by atoms with Crippen molar-refractivity contribution in [1.82, 2.24) is 0 Å². The number of thiophene rings is 1. The van der Waals surface area contributed by atoms with Crippen LogP contribution in [0.1, 0.15) is 35.5 Å². The maximum absolute atomic E-state index is 11.5. The van der Waals surface area contributed by atoms with E-state index in [1.807, 2.05) is 42.6 Å². The van der Waals surface area contributed by atoms with Gasteiger partial charge in [0, 0.05) is 5.38 Å². The lowest BCUT2D eigenvalue weighted by Gasteiger charge is -2.18. The fourth-order valence-corrected chi connectivity index (χ4v) is 3.08. The van der Waals surface area contributed by atoms with Gasteiger partial charge in [-0.05, 0) is 31.0 Å². The van der Waals surface area contributed by atoms with E-state index in [4.69, 9.17) is 10.5 Å². The number of ether oxygens (including phenoxy) is 1. The molecule has 1 heterocycles. The third-order valence-corrected chi connectivity index (χ3v) is 4.07. The van der Waals surface area contributed by atoms with Crippen LogP contribution in [0.15, 0.2) is 35.7 Å². The SMILES string of the molecule is CCCc1c(NC(C)Oc2ccccc2)csc1C(N)=O. The highest BCUT2D eigenvalue weighted by atomic mass is 32.1. The Morgan fingerprint density at radius 2 is 2.10 bits per heavy atom. The molecule has 21 heavy (non-hydrogen) atoms. The number of nitrogens with two attached hydrogens (primary N) is 1. The van der Waals surface area contributed by atoms with E-state index in [0.717, 1.165) is 29.8 Å². The van der Waals surface area contributed by atoms with Gasteiger partial charge in [-0.15, -0.1) is 11.3 Å². The Kier molecular flexibility index (Phi) is 5.22. The predicted molar refractivity (Wildman–Crippen MR) is 87.0 cm³/mol. The summed E-state index contributed by atoms with van der Waals surface area (Å²) in [7, 11) is 0. The molecule has 0 saturated carbocycles. The fraction of sp³-hybridized carbons (Fsp3) is 0.312. The van der Waals surface area contributed by atoms with Crippen LogP contribution in [0.25, 0.3) is 0 Å². The summed E-state index contributed by atoms with van der Waals surface area (Å²) in [6.45, 7) is 4.01. The van der Waals surface area contributed by atoms with Crippen molar-refractivity contribution in [2.24, 2.45) is 5.73 Å². The molecule has 0 fully saturated rings. The Morgan fingerprint density at radius 3 is 2.71 bits per heavy atom. The number of primary amides is 1. The Hall–Kier alpha value is -2.01. The number of carbonyl (C=O) groups excluding carboxylic acids is 1. The van der Waals surface area contributed by atoms with Crippen molar-refractivity contribution in [2.75, 3.05) is 5.32 Å². The minimum atomic E-state index is -0.367. The third kappa shape index (κ3) is 3.98. The molecule has 3 N–H and O–H groups in total. The summed E-state index contributed by atoms with van der Waals surface area (Å²) in [5.74, 6) is 0.438. The lowest BCUT2D eigenvalue weighted by atomic mass is 10.1. The average molecular weight is 304 g/mol. The smallest absolute Gasteiger partial charge is 0.259 e. The van der Waals surface area contributed by atoms with E-state index in [1.54, 1.807) is 0 Å². The van der Waals surface area contributed by atoms with Crippen molar-refractivity contribution in [3.8, 4) is 5.75 Å². The van der Waals surface area contributed by atoms with Crippen molar-refractivity contribution in [1.29, 1.82) is 0 Å². The van der Waals surface area contributed by atoms with E-state index in [-0.39, 0.29) is 12.1 Å². The lowest BCUT2D eigenvalue weighted by molar-refractivity contribution is 0.100. The Labute approximate surface area is 128 Å². The molecule has 1 aromatic heterocycles. The molecule has 0 radical (unpaired) electrons. The van der Waals surface area contributed by atoms with Gasteiger partial charge < -0.3 is 15.8 Å². The van der Waals surface area contributed by atoms with E-state index >= 15 is 0 Å². The first-order chi connectivity index (χ1) is 10.1. The quantitative estimate of drug-likeness (QED) is 0.768. The molecule has 112 valence electrons. The molecule has 0 bridgehead atoms. The molecule has 0 saturated heterocycles. The number of anilines is 1. The summed E-state index contributed by atoms with van der Waals surface area (Å²) in [6.07, 6.45) is 1.58. The molecular weight excluding hydrogens is 284 g/mol. The first-order valence-electron chi connectivity index (χ1n) is 7.00. The van der Waals surface area contributed by atoms with E-state index in [1.165, 1.54) is 11.3 Å². The lowest BCUT2D eigenvalue weighted by Crippen LogP contribution is -2.23. The van der Waals surface area contributed by atoms with Gasteiger partial charge in [0.1, 0.15) is 5.75 Å². The van der Waals surface area contributed by atoms with Gasteiger partial charge in [0.2, 0.25) is 0 Å². The van der Waals surface area contributed by atoms with Crippen molar-refractivity contribution < 1.29 is 9.53 Å². The van der Waals surface area contributed by atoms with Gasteiger partial charge in [0.25, 0.3) is 5.91 Å². The standard InChI is InChI=1S/C16H20N2O2S/c1-3-7-13-14(10-21-15(13)16(17)19)18-11(2)20-12-8-5-4-6-9-12/h4-6,8-11,18H,3,7H2,1-2H3,(H2,17,19). The predicted octanol–water partition coefficient (Wildman–Crippen LogP) is 3.64. The second-order valence-corrected chi connectivity index (χ2v) is 5.67. The summed E-state index contributed by atoms with van der Waals surface area (Å²) in [5, 5.41) is 5.23. The number of carbonyl (C=O) groups is 1. The van der Waals surface area contributed by atoms with Crippen molar-refractivity contribution in [3.05, 3.63) is 46.2 Å². The van der Waals surface area contributed by atoms with Gasteiger partial charge in [0.15, 0.2) is 6.23 Å². The van der Waals surface area contributed by atoms with Crippen LogP contribution in [0.5, 0.6) is 5.75 Å². The van der Waals surface area contributed by atoms with Crippen molar-refractivity contribution in [3.63, 3.8) is 0 Å². The normalized spacial score (nSPS) is 11.9. The van der Waals surface area contributed by atoms with Gasteiger partial charge in [0.05, 0.1) is 10.6 Å². The van der Waals surface area contributed by atoms with Crippen LogP contribution in [0.2, 0.25) is 0 Å². The van der Waals surface area contributed by atoms with E-state index in [2.05, 4.69) is 12.2 Å². The average Bonchev–Trinajstić information content (AvgIpc) is 2.83. The summed E-state index contributed by atoms with van der Waals surface area (Å²) in [6, 6.07) is 9.63. The molecule has 0 aliphatic heterocycles. The highest BCUT2D eigenvalue weighted by Crippen LogP contribution is 2.29. The Morgan fingerprint density at radius 1 is 1.38 bits per heavy atom. The minimum absolute atomic E-state index is 0.196. The first kappa shape index (κ1) is 15.4. The van der Waals surface area contributed by atoms with Crippen LogP contribution in [0.3, 0.4) is 0 Å². The minimum Gasteiger partial charge on any atom is -0.471 e. The Bertz CT molecular complexity index is 596. The van der Waals surface area contributed by atoms with Crippen molar-refractivity contribution in [2.45, 2.75) is 32.9 Å². The summed E-state index contributed by atoms with van der Waals surface area (Å²) in [5.41, 5.74) is 7.34. The van der Waals surface area contributed by atoms with Gasteiger partial charge in [-0.25, -0.2) is 0 Å². The van der Waals surface area contributed by atoms with Crippen LogP contribution in [-0.4, -0.2) is 12.1 Å². The van der Waals surface area contributed by atoms with Crippen molar-refractivity contribution >= 4 is 22.9 Å². The highest BCUT2D eigenvalue weighted by molar-refractivity contribution is 7.12. The Balaban J connectivity index is 2.10. The molecule has 4 nitrogen and oxygen atoms in total. The molecule has 1 aromatic carbocycles. The van der Waals surface area contributed by atoms with Gasteiger partial charge in [-0.1, -0.05) is 31.5 Å². The zero-order chi connectivity index (χ0) is 15.2. The number of benzene rings is 1. The molecule has 2 aromatic rings. The monoisotopic (exact) mass is 304 g/mol. The zero-order valence-corrected chi connectivity index (χ0v) is 13.1. The van der Waals surface area contributed by atoms with Crippen LogP contribution in [-0.2, 0) is 6.42 Å². The molecule has 0 spiro atoms. The van der Waals surface area contributed by atoms with Gasteiger partial charge in [-0.3, -0.25) is 4.79 Å². The second kappa shape index (κ2) is 7.13. The topological polar surface area (TPSA) is 64.3 Å². The van der Waals surface area contributed by atoms with Gasteiger partial charge in [-0.2, -0.15) is 0 Å². The van der Waals surface area contributed by atoms with E-state index < -0.39 is 0 Å². The number of para-hydroxylation sites is 1. The maximum atomic E-state index is 11.5. The van der Waals surface area contributed by atoms with Crippen LogP contribution < -0.4 is 15.8 Å². The van der Waals surface area contributed by atoms with Crippen LogP contribution in [0.4, 0.5) is 5.69 Å². The molecule has 1 unspecified atom stereocenters. The zero-order valence-electron chi connectivity index (χ0n) is 12.3. The summed E-state index contributed by atoms with van der Waals surface area (Å²) in [4.78, 5) is 12.1. The summed E-state index contributed by atoms with van der Waals surface area (Å²) >= 11 is 1.38. The molecule has 5 heteroatoms. The third-order valence-electron chi connectivity index (χ3n) is 3.03. The number of rotatable bonds is 7. The number of hydrogen-bond acceptors (Lipinski definition) is 4. The van der Waals surface area contributed by atoms with Crippen LogP contribution >= 0.6 is 11.3 Å². The molecule has 0 aliphatic carbocycles. The highest BCUT2D eigenvalue weighted by Gasteiger charge is 2.16. The second-order valence-electron chi connectivity index (χ2n) is 4.79. The largest absolute Gasteiger partial charge is 0.471 e. The summed E-state index contributed by atoms with van der Waals surface area (Å²) < 4.78 is 5.80. The number of hydrogen-bond donors (Lipinski definition) is 2. The molecular formula is C16H20N2O2S. The molecule has 1 amide bonds. The number of nitrogens with one attached hydrogen (secondary N) is 1. The van der Waals surface area contributed by atoms with E-state index in [0.29, 0.717) is 4.88 Å². The molecule has 2 rings (SSSR count). The van der Waals surface area contributed by atoms with Crippen LogP contribution in [0, 0.1) is 0 Å². The number of amides is 1. The molecule has 1 atom stereocenters. The first-order valence-corrected chi connectivity index (χ1v) is 7.88. The molecule has 0 aliphatic rings. The van der Waals surface area contributed by atoms with E-state index in [9.17, 15) is 4.79 Å². The fourth-order valence-electron chi connectivity index (χ4n) is 2.16. The maximum Gasteiger partial charge on any atom is 0.259 e.